The minimum absolute atomic E-state index is 0.119. The van der Waals surface area contributed by atoms with Crippen LogP contribution < -0.4 is 29.6 Å². The van der Waals surface area contributed by atoms with Crippen molar-refractivity contribution in [1.82, 2.24) is 10.6 Å². The molecule has 0 aliphatic carbocycles. The summed E-state index contributed by atoms with van der Waals surface area (Å²) in [6, 6.07) is 6.17. The van der Waals surface area contributed by atoms with Gasteiger partial charge in [0, 0.05) is 0 Å². The summed E-state index contributed by atoms with van der Waals surface area (Å²) in [5.74, 6) is -0.232. The Balaban J connectivity index is 0.000000211. The van der Waals surface area contributed by atoms with E-state index in [1.807, 2.05) is 0 Å². The number of hydrogen-bond donors (Lipinski definition) is 4. The van der Waals surface area contributed by atoms with Crippen molar-refractivity contribution in [2.24, 2.45) is 0 Å². The van der Waals surface area contributed by atoms with Gasteiger partial charge in [0.2, 0.25) is 11.5 Å². The van der Waals surface area contributed by atoms with Gasteiger partial charge < -0.3 is 29.2 Å². The maximum absolute atomic E-state index is 11.4. The van der Waals surface area contributed by atoms with Gasteiger partial charge in [-0.2, -0.15) is 0 Å². The molecule has 2 saturated heterocycles. The van der Waals surface area contributed by atoms with Crippen LogP contribution in [0.2, 0.25) is 0 Å². The van der Waals surface area contributed by atoms with E-state index in [4.69, 9.17) is 18.9 Å². The number of carbonyl (C=O) groups excluding carboxylic acids is 4. The molecule has 0 spiro atoms. The molecule has 14 heteroatoms. The van der Waals surface area contributed by atoms with Crippen molar-refractivity contribution in [1.29, 1.82) is 0 Å². The van der Waals surface area contributed by atoms with Crippen LogP contribution in [0.5, 0.6) is 34.5 Å². The van der Waals surface area contributed by atoms with Crippen LogP contribution in [-0.4, -0.2) is 60.9 Å². The number of benzene rings is 2. The molecule has 0 radical (unpaired) electrons. The van der Waals surface area contributed by atoms with Crippen LogP contribution in [0.4, 0.5) is 9.59 Å². The van der Waals surface area contributed by atoms with E-state index in [1.165, 1.54) is 40.6 Å². The second-order valence-corrected chi connectivity index (χ2v) is 9.28. The smallest absolute Gasteiger partial charge is 0.290 e. The average molecular weight is 563 g/mol. The lowest BCUT2D eigenvalue weighted by molar-refractivity contribution is -0.116. The van der Waals surface area contributed by atoms with Crippen molar-refractivity contribution in [2.45, 2.75) is 0 Å². The highest BCUT2D eigenvalue weighted by Gasteiger charge is 2.26. The second kappa shape index (κ2) is 12.3. The largest absolute Gasteiger partial charge is 0.502 e. The highest BCUT2D eigenvalue weighted by Crippen LogP contribution is 2.39. The molecule has 0 unspecified atom stereocenters. The molecule has 0 aromatic heterocycles. The molecule has 0 saturated carbocycles. The molecular weight excluding hydrogens is 540 g/mol. The summed E-state index contributed by atoms with van der Waals surface area (Å²) in [5.41, 5.74) is 1.16. The van der Waals surface area contributed by atoms with Crippen LogP contribution in [0, 0.1) is 0 Å². The highest BCUT2D eigenvalue weighted by molar-refractivity contribution is 8.18. The fourth-order valence-electron chi connectivity index (χ4n) is 3.14. The van der Waals surface area contributed by atoms with E-state index < -0.39 is 22.3 Å². The van der Waals surface area contributed by atoms with Crippen molar-refractivity contribution >= 4 is 58.0 Å². The number of carbonyl (C=O) groups is 4. The van der Waals surface area contributed by atoms with E-state index in [0.717, 1.165) is 23.5 Å². The Kier molecular flexibility index (Phi) is 9.15. The normalized spacial score (nSPS) is 16.6. The van der Waals surface area contributed by atoms with E-state index in [2.05, 4.69) is 10.6 Å². The zero-order valence-electron chi connectivity index (χ0n) is 20.4. The molecule has 4 amide bonds. The SMILES string of the molecule is COc1cc(C=C2SC(=O)NC2=O)cc(OC)c1O.COc1cc(C=C2SC(=O)NC2=O)cc(OC)c1O. The number of methoxy groups -OCH3 is 4. The van der Waals surface area contributed by atoms with Gasteiger partial charge in [0.15, 0.2) is 23.0 Å². The lowest BCUT2D eigenvalue weighted by Crippen LogP contribution is -2.17. The van der Waals surface area contributed by atoms with Gasteiger partial charge in [-0.25, -0.2) is 0 Å². The molecule has 4 N–H and O–H groups in total. The Labute approximate surface area is 225 Å². The van der Waals surface area contributed by atoms with E-state index in [9.17, 15) is 29.4 Å². The van der Waals surface area contributed by atoms with Crippen LogP contribution in [0.3, 0.4) is 0 Å². The predicted molar refractivity (Wildman–Crippen MR) is 141 cm³/mol. The Hall–Kier alpha value is -4.30. The lowest BCUT2D eigenvalue weighted by Gasteiger charge is -2.09. The number of nitrogens with one attached hydrogen (secondary N) is 2. The molecule has 200 valence electrons. The standard InChI is InChI=1S/2C12H11NO5S/c2*1-17-7-3-6(4-8(18-2)10(7)14)5-9-11(15)13-12(16)19-9/h2*3-5,14H,1-2H3,(H,13,15,16). The minimum Gasteiger partial charge on any atom is -0.502 e. The summed E-state index contributed by atoms with van der Waals surface area (Å²) in [6.07, 6.45) is 3.05. The lowest BCUT2D eigenvalue weighted by atomic mass is 10.1. The summed E-state index contributed by atoms with van der Waals surface area (Å²) in [5, 5.41) is 23.0. The van der Waals surface area contributed by atoms with Crippen LogP contribution in [0.15, 0.2) is 34.1 Å². The third kappa shape index (κ3) is 6.52. The van der Waals surface area contributed by atoms with Gasteiger partial charge in [-0.15, -0.1) is 0 Å². The summed E-state index contributed by atoms with van der Waals surface area (Å²) in [6.45, 7) is 0. The van der Waals surface area contributed by atoms with Gasteiger partial charge in [-0.1, -0.05) is 0 Å². The highest BCUT2D eigenvalue weighted by atomic mass is 32.2. The molecule has 4 rings (SSSR count). The van der Waals surface area contributed by atoms with Crippen molar-refractivity contribution in [3.8, 4) is 34.5 Å². The van der Waals surface area contributed by atoms with E-state index in [0.29, 0.717) is 11.1 Å². The molecule has 0 bridgehead atoms. The quantitative estimate of drug-likeness (QED) is 0.379. The van der Waals surface area contributed by atoms with Gasteiger partial charge in [-0.05, 0) is 71.1 Å². The molecule has 38 heavy (non-hydrogen) atoms. The number of rotatable bonds is 6. The summed E-state index contributed by atoms with van der Waals surface area (Å²) in [7, 11) is 5.63. The number of ether oxygens (including phenoxy) is 4. The number of phenols is 2. The Morgan fingerprint density at radius 1 is 0.605 bits per heavy atom. The predicted octanol–water partition coefficient (Wildman–Crippen LogP) is 3.47. The van der Waals surface area contributed by atoms with Crippen molar-refractivity contribution < 1.29 is 48.3 Å². The molecule has 2 heterocycles. The maximum Gasteiger partial charge on any atom is 0.290 e. The molecule has 2 aliphatic heterocycles. The molecule has 2 aromatic carbocycles. The third-order valence-corrected chi connectivity index (χ3v) is 6.51. The van der Waals surface area contributed by atoms with Crippen LogP contribution in [0.25, 0.3) is 12.2 Å². The first-order chi connectivity index (χ1) is 18.1. The second-order valence-electron chi connectivity index (χ2n) is 7.25. The number of amides is 4. The number of aromatic hydroxyl groups is 2. The number of imide groups is 2. The van der Waals surface area contributed by atoms with E-state index >= 15 is 0 Å². The van der Waals surface area contributed by atoms with Gasteiger partial charge in [0.05, 0.1) is 38.2 Å². The van der Waals surface area contributed by atoms with Crippen LogP contribution in [0.1, 0.15) is 11.1 Å². The van der Waals surface area contributed by atoms with Gasteiger partial charge in [-0.3, -0.25) is 29.8 Å². The van der Waals surface area contributed by atoms with Crippen LogP contribution >= 0.6 is 23.5 Å². The summed E-state index contributed by atoms with van der Waals surface area (Å²) < 4.78 is 20.0. The van der Waals surface area contributed by atoms with Crippen molar-refractivity contribution in [3.05, 3.63) is 45.2 Å². The monoisotopic (exact) mass is 562 g/mol. The first-order valence-corrected chi connectivity index (χ1v) is 12.1. The van der Waals surface area contributed by atoms with Crippen molar-refractivity contribution in [3.63, 3.8) is 0 Å². The van der Waals surface area contributed by atoms with Crippen molar-refractivity contribution in [2.75, 3.05) is 28.4 Å². The molecule has 0 atom stereocenters. The molecule has 2 aromatic rings. The number of thioether (sulfide) groups is 2. The van der Waals surface area contributed by atoms with Gasteiger partial charge in [0.1, 0.15) is 0 Å². The first kappa shape index (κ1) is 28.3. The van der Waals surface area contributed by atoms with E-state index in [-0.39, 0.29) is 44.3 Å². The first-order valence-electron chi connectivity index (χ1n) is 10.5. The Morgan fingerprint density at radius 2 is 0.895 bits per heavy atom. The minimum atomic E-state index is -0.444. The third-order valence-electron chi connectivity index (χ3n) is 4.88. The number of phenolic OH excluding ortho intramolecular Hbond substituents is 2. The van der Waals surface area contributed by atoms with Gasteiger partial charge in [0.25, 0.3) is 22.3 Å². The van der Waals surface area contributed by atoms with E-state index in [1.54, 1.807) is 24.3 Å². The molecular formula is C24H22N2O10S2. The Bertz CT molecular complexity index is 1220. The summed E-state index contributed by atoms with van der Waals surface area (Å²) >= 11 is 1.63. The number of hydrogen-bond acceptors (Lipinski definition) is 12. The molecule has 2 aliphatic rings. The van der Waals surface area contributed by atoms with Gasteiger partial charge >= 0.3 is 0 Å². The summed E-state index contributed by atoms with van der Waals surface area (Å²) in [4.78, 5) is 45.5. The zero-order valence-corrected chi connectivity index (χ0v) is 22.1. The fraction of sp³-hybridized carbons (Fsp3) is 0.167. The maximum atomic E-state index is 11.4. The molecule has 2 fully saturated rings. The topological polar surface area (TPSA) is 170 Å². The average Bonchev–Trinajstić information content (AvgIpc) is 3.38. The Morgan fingerprint density at radius 3 is 1.11 bits per heavy atom. The fourth-order valence-corrected chi connectivity index (χ4v) is 4.50. The van der Waals surface area contributed by atoms with Crippen LogP contribution in [-0.2, 0) is 9.59 Å². The molecule has 12 nitrogen and oxygen atoms in total. The zero-order chi connectivity index (χ0) is 28.0.